The van der Waals surface area contributed by atoms with Crippen LogP contribution < -0.4 is 14.8 Å². The van der Waals surface area contributed by atoms with E-state index in [1.807, 2.05) is 6.07 Å². The minimum Gasteiger partial charge on any atom is -0.496 e. The van der Waals surface area contributed by atoms with Crippen molar-refractivity contribution in [2.75, 3.05) is 19.0 Å². The van der Waals surface area contributed by atoms with Crippen molar-refractivity contribution in [1.29, 1.82) is 5.26 Å². The Hall–Kier alpha value is -4.71. The van der Waals surface area contributed by atoms with Crippen LogP contribution in [0.2, 0.25) is 0 Å². The van der Waals surface area contributed by atoms with Gasteiger partial charge in [0, 0.05) is 30.4 Å². The number of nitrogens with one attached hydrogen (secondary N) is 1. The lowest BCUT2D eigenvalue weighted by Gasteiger charge is -2.41. The fourth-order valence-electron chi connectivity index (χ4n) is 4.97. The first kappa shape index (κ1) is 35.1. The number of aromatic nitrogens is 2. The van der Waals surface area contributed by atoms with Gasteiger partial charge in [0.15, 0.2) is 0 Å². The van der Waals surface area contributed by atoms with E-state index >= 15 is 0 Å². The monoisotopic (exact) mass is 675 g/mol. The number of methoxy groups -OCH3 is 1. The Morgan fingerprint density at radius 2 is 1.81 bits per heavy atom. The van der Waals surface area contributed by atoms with Gasteiger partial charge in [-0.15, -0.1) is 10.2 Å². The van der Waals surface area contributed by atoms with Crippen LogP contribution in [0.25, 0.3) is 11.3 Å². The number of nitriles is 1. The number of amides is 1. The number of carbonyl (C=O) groups is 1. The van der Waals surface area contributed by atoms with Gasteiger partial charge < -0.3 is 24.3 Å². The van der Waals surface area contributed by atoms with Crippen LogP contribution in [0.5, 0.6) is 11.5 Å². The van der Waals surface area contributed by atoms with E-state index in [0.29, 0.717) is 35.5 Å². The zero-order chi connectivity index (χ0) is 34.5. The van der Waals surface area contributed by atoms with Gasteiger partial charge >= 0.3 is 17.5 Å². The molecule has 0 spiro atoms. The highest BCUT2D eigenvalue weighted by Crippen LogP contribution is 2.37. The van der Waals surface area contributed by atoms with Crippen LogP contribution in [0.15, 0.2) is 48.5 Å². The Bertz CT molecular complexity index is 1640. The maximum atomic E-state index is 13.4. The molecule has 4 rings (SSSR count). The summed E-state index contributed by atoms with van der Waals surface area (Å²) in [6.45, 7) is 6.99. The van der Waals surface area contributed by atoms with Crippen molar-refractivity contribution in [2.24, 2.45) is 0 Å². The fourth-order valence-corrected chi connectivity index (χ4v) is 5.17. The lowest BCUT2D eigenvalue weighted by Crippen LogP contribution is -2.56. The molecule has 1 amide bonds. The first-order valence-electron chi connectivity index (χ1n) is 14.5. The summed E-state index contributed by atoms with van der Waals surface area (Å²) in [6, 6.07) is 10.9. The van der Waals surface area contributed by atoms with Crippen LogP contribution in [0.3, 0.4) is 0 Å². The number of anilines is 1. The summed E-state index contributed by atoms with van der Waals surface area (Å²) < 4.78 is 74.8. The summed E-state index contributed by atoms with van der Waals surface area (Å²) in [6.07, 6.45) is -5.63. The van der Waals surface area contributed by atoms with Crippen molar-refractivity contribution in [3.63, 3.8) is 0 Å². The predicted molar refractivity (Wildman–Crippen MR) is 167 cm³/mol. The third kappa shape index (κ3) is 9.19. The van der Waals surface area contributed by atoms with Crippen molar-refractivity contribution >= 4 is 29.4 Å². The highest BCUT2D eigenvalue weighted by atomic mass is 32.1. The molecule has 1 aliphatic rings. The molecule has 2 aromatic carbocycles. The van der Waals surface area contributed by atoms with E-state index in [2.05, 4.69) is 15.5 Å². The van der Waals surface area contributed by atoms with Crippen LogP contribution in [-0.4, -0.2) is 63.9 Å². The number of piperidine rings is 1. The number of carbonyl (C=O) groups excluding carboxylic acids is 1. The van der Waals surface area contributed by atoms with Gasteiger partial charge in [0.05, 0.1) is 24.4 Å². The Morgan fingerprint density at radius 3 is 2.40 bits per heavy atom. The number of hydrogen-bond acceptors (Lipinski definition) is 10. The van der Waals surface area contributed by atoms with Gasteiger partial charge in [0.2, 0.25) is 6.10 Å². The third-order valence-electron chi connectivity index (χ3n) is 7.09. The molecule has 0 aliphatic carbocycles. The summed E-state index contributed by atoms with van der Waals surface area (Å²) in [5.74, 6) is 0.117. The molecule has 1 saturated heterocycles. The molecule has 1 aromatic heterocycles. The lowest BCUT2D eigenvalue weighted by molar-refractivity contribution is -0.137. The normalized spacial score (nSPS) is 17.2. The molecule has 0 saturated carbocycles. The fraction of sp³-hybridized carbons (Fsp3) is 0.406. The van der Waals surface area contributed by atoms with Crippen LogP contribution >= 0.6 is 12.2 Å². The van der Waals surface area contributed by atoms with E-state index in [9.17, 15) is 27.6 Å². The van der Waals surface area contributed by atoms with Gasteiger partial charge in [0.25, 0.3) is 0 Å². The van der Waals surface area contributed by atoms with E-state index in [0.717, 1.165) is 12.1 Å². The van der Waals surface area contributed by atoms with Crippen molar-refractivity contribution in [2.45, 2.75) is 70.5 Å². The Morgan fingerprint density at radius 1 is 1.11 bits per heavy atom. The van der Waals surface area contributed by atoms with Gasteiger partial charge in [-0.3, -0.25) is 4.90 Å². The first-order valence-corrected chi connectivity index (χ1v) is 14.9. The Kier molecular flexibility index (Phi) is 10.7. The molecule has 2 unspecified atom stereocenters. The van der Waals surface area contributed by atoms with E-state index in [1.165, 1.54) is 42.3 Å². The predicted octanol–water partition coefficient (Wildman–Crippen LogP) is 7.07. The highest BCUT2D eigenvalue weighted by Gasteiger charge is 2.40. The zero-order valence-electron chi connectivity index (χ0n) is 26.2. The number of nitrogens with zero attached hydrogens (tertiary/aromatic N) is 4. The molecule has 3 aromatic rings. The molecule has 2 heterocycles. The molecule has 1 N–H and O–H groups in total. The Labute approximate surface area is 274 Å². The number of benzene rings is 2. The average molecular weight is 676 g/mol. The maximum Gasteiger partial charge on any atom is 0.416 e. The zero-order valence-corrected chi connectivity index (χ0v) is 27.0. The molecule has 15 heteroatoms. The number of aryl methyl sites for hydroxylation is 1. The quantitative estimate of drug-likeness (QED) is 0.206. The second-order valence-electron chi connectivity index (χ2n) is 11.8. The van der Waals surface area contributed by atoms with E-state index < -0.39 is 41.4 Å². The molecule has 250 valence electrons. The van der Waals surface area contributed by atoms with Crippen molar-refractivity contribution < 1.29 is 41.3 Å². The van der Waals surface area contributed by atoms with Gasteiger partial charge in [-0.05, 0) is 94.6 Å². The summed E-state index contributed by atoms with van der Waals surface area (Å²) in [5.41, 5.74) is -0.376. The SMILES string of the molecule is COc1cc(C(F)(F)F)ccc1-c1nnc(N[C@@H]2CCC(C(C#N)OC(=S)Oc3ccc(F)cc3)N(C(=O)OC(C)(C)C)C2)cc1C. The maximum absolute atomic E-state index is 13.4. The number of hydrogen-bond donors (Lipinski definition) is 1. The first-order chi connectivity index (χ1) is 22.1. The molecular weight excluding hydrogens is 642 g/mol. The van der Waals surface area contributed by atoms with Crippen LogP contribution in [0.1, 0.15) is 44.7 Å². The molecule has 47 heavy (non-hydrogen) atoms. The average Bonchev–Trinajstić information content (AvgIpc) is 2.99. The number of thiocarbonyl (C=S) groups is 1. The highest BCUT2D eigenvalue weighted by molar-refractivity contribution is 7.79. The molecule has 1 fully saturated rings. The summed E-state index contributed by atoms with van der Waals surface area (Å²) in [5, 5.41) is 21.4. The number of alkyl halides is 3. The number of rotatable bonds is 7. The van der Waals surface area contributed by atoms with Crippen molar-refractivity contribution in [3.05, 3.63) is 65.5 Å². The molecule has 10 nitrogen and oxygen atoms in total. The molecule has 1 aliphatic heterocycles. The van der Waals surface area contributed by atoms with Gasteiger partial charge in [0.1, 0.15) is 34.8 Å². The standard InChI is InChI=1S/C32H33F4N5O5S/c1-18-14-27(39-40-28(18)23-12-6-19(32(34,35)36)15-25(23)43-5)38-21-9-13-24(41(17-21)29(42)46-31(2,3)4)26(16-37)45-30(47)44-22-10-7-20(33)8-11-22/h6-8,10-12,14-15,21,24,26H,9,13,17H2,1-5H3,(H,38,39)/t21-,24?,26?/m1/s1. The second kappa shape index (κ2) is 14.4. The van der Waals surface area contributed by atoms with Crippen molar-refractivity contribution in [1.82, 2.24) is 15.1 Å². The van der Waals surface area contributed by atoms with Crippen LogP contribution in [0, 0.1) is 24.1 Å². The summed E-state index contributed by atoms with van der Waals surface area (Å²) in [7, 11) is 1.28. The smallest absolute Gasteiger partial charge is 0.416 e. The van der Waals surface area contributed by atoms with Gasteiger partial charge in [-0.2, -0.15) is 18.4 Å². The number of ether oxygens (including phenoxy) is 4. The van der Waals surface area contributed by atoms with E-state index in [1.54, 1.807) is 33.8 Å². The summed E-state index contributed by atoms with van der Waals surface area (Å²) >= 11 is 5.17. The van der Waals surface area contributed by atoms with Crippen molar-refractivity contribution in [3.8, 4) is 28.8 Å². The minimum atomic E-state index is -4.53. The third-order valence-corrected chi connectivity index (χ3v) is 7.27. The number of likely N-dealkylation sites (tertiary alicyclic amines) is 1. The molecule has 0 radical (unpaired) electrons. The number of halogens is 4. The van der Waals surface area contributed by atoms with Gasteiger partial charge in [-0.25, -0.2) is 9.18 Å². The molecule has 0 bridgehead atoms. The van der Waals surface area contributed by atoms with Crippen LogP contribution in [0.4, 0.5) is 28.2 Å². The second-order valence-corrected chi connectivity index (χ2v) is 12.1. The molecule has 3 atom stereocenters. The van der Waals surface area contributed by atoms with E-state index in [4.69, 9.17) is 31.2 Å². The van der Waals surface area contributed by atoms with Gasteiger partial charge in [-0.1, -0.05) is 0 Å². The van der Waals surface area contributed by atoms with E-state index in [-0.39, 0.29) is 29.3 Å². The topological polar surface area (TPSA) is 119 Å². The lowest BCUT2D eigenvalue weighted by atomic mass is 9.95. The van der Waals surface area contributed by atoms with Crippen LogP contribution in [-0.2, 0) is 15.7 Å². The summed E-state index contributed by atoms with van der Waals surface area (Å²) in [4.78, 5) is 14.7. The Balaban J connectivity index is 1.51. The minimum absolute atomic E-state index is 0.000993. The largest absolute Gasteiger partial charge is 0.496 e. The molecular formula is C32H33F4N5O5S.